The van der Waals surface area contributed by atoms with Gasteiger partial charge in [0.25, 0.3) is 0 Å². The fourth-order valence-electron chi connectivity index (χ4n) is 5.18. The summed E-state index contributed by atoms with van der Waals surface area (Å²) in [5, 5.41) is 1.20. The number of aryl methyl sites for hydroxylation is 1. The van der Waals surface area contributed by atoms with Gasteiger partial charge in [0, 0.05) is 24.0 Å². The Bertz CT molecular complexity index is 1370. The second kappa shape index (κ2) is 11.0. The monoisotopic (exact) mass is 496 g/mol. The van der Waals surface area contributed by atoms with Crippen molar-refractivity contribution in [1.82, 2.24) is 9.47 Å². The fourth-order valence-corrected chi connectivity index (χ4v) is 5.18. The third-order valence-electron chi connectivity index (χ3n) is 7.26. The van der Waals surface area contributed by atoms with E-state index in [9.17, 15) is 0 Å². The van der Waals surface area contributed by atoms with Crippen LogP contribution >= 0.6 is 0 Å². The van der Waals surface area contributed by atoms with Crippen molar-refractivity contribution >= 4 is 10.9 Å². The minimum Gasteiger partial charge on any atom is -0.497 e. The number of rotatable bonds is 8. The molecule has 0 bridgehead atoms. The number of fused-ring (bicyclic) bond motifs is 1. The van der Waals surface area contributed by atoms with Crippen molar-refractivity contribution in [1.29, 1.82) is 0 Å². The Morgan fingerprint density at radius 2 is 1.54 bits per heavy atom. The summed E-state index contributed by atoms with van der Waals surface area (Å²) in [6.45, 7) is 6.10. The lowest BCUT2D eigenvalue weighted by atomic mass is 10.1. The molecule has 192 valence electrons. The number of methoxy groups -OCH3 is 2. The van der Waals surface area contributed by atoms with Gasteiger partial charge in [0.15, 0.2) is 6.23 Å². The molecule has 1 atom stereocenters. The van der Waals surface area contributed by atoms with Gasteiger partial charge in [-0.25, -0.2) is 0 Å². The number of benzene rings is 3. The van der Waals surface area contributed by atoms with Gasteiger partial charge in [-0.3, -0.25) is 0 Å². The number of nitrogens with zero attached hydrogens (tertiary/aromatic N) is 2. The third kappa shape index (κ3) is 5.31. The lowest BCUT2D eigenvalue weighted by Gasteiger charge is -2.27. The zero-order valence-corrected chi connectivity index (χ0v) is 22.2. The standard InChI is InChI=1S/C32H36N2O3/c1-23-30-21-29(36-4)17-18-31(30)34(32(23)26-11-15-27(35-3)16-12-26)22-25-9-13-28(14-10-25)37-24(2)33-19-7-5-6-8-20-33/h7,9-19,21,24H,5-6,8,20,22H2,1-4H3. The van der Waals surface area contributed by atoms with Crippen LogP contribution in [0.3, 0.4) is 0 Å². The van der Waals surface area contributed by atoms with Gasteiger partial charge in [0.2, 0.25) is 0 Å². The molecule has 2 heterocycles. The number of hydrogen-bond donors (Lipinski definition) is 0. The van der Waals surface area contributed by atoms with Gasteiger partial charge in [0.1, 0.15) is 17.2 Å². The summed E-state index contributed by atoms with van der Waals surface area (Å²) >= 11 is 0. The van der Waals surface area contributed by atoms with Crippen molar-refractivity contribution in [3.8, 4) is 28.5 Å². The van der Waals surface area contributed by atoms with Gasteiger partial charge in [-0.1, -0.05) is 18.2 Å². The molecule has 0 amide bonds. The van der Waals surface area contributed by atoms with Crippen LogP contribution in [0.1, 0.15) is 37.3 Å². The van der Waals surface area contributed by atoms with Gasteiger partial charge in [-0.15, -0.1) is 0 Å². The fraction of sp³-hybridized carbons (Fsp3) is 0.312. The summed E-state index contributed by atoms with van der Waals surface area (Å²) in [4.78, 5) is 2.28. The molecule has 0 saturated carbocycles. The maximum absolute atomic E-state index is 6.27. The Morgan fingerprint density at radius 3 is 2.27 bits per heavy atom. The van der Waals surface area contributed by atoms with E-state index in [1.165, 1.54) is 40.6 Å². The first-order chi connectivity index (χ1) is 18.1. The predicted octanol–water partition coefficient (Wildman–Crippen LogP) is 7.41. The van der Waals surface area contributed by atoms with E-state index >= 15 is 0 Å². The average molecular weight is 497 g/mol. The van der Waals surface area contributed by atoms with E-state index in [-0.39, 0.29) is 6.23 Å². The van der Waals surface area contributed by atoms with Crippen LogP contribution in [-0.4, -0.2) is 36.5 Å². The second-order valence-electron chi connectivity index (χ2n) is 9.65. The van der Waals surface area contributed by atoms with Crippen molar-refractivity contribution in [2.24, 2.45) is 0 Å². The van der Waals surface area contributed by atoms with Crippen molar-refractivity contribution in [2.75, 3.05) is 20.8 Å². The largest absolute Gasteiger partial charge is 0.497 e. The first-order valence-electron chi connectivity index (χ1n) is 13.1. The molecule has 0 N–H and O–H groups in total. The molecular weight excluding hydrogens is 460 g/mol. The van der Waals surface area contributed by atoms with Crippen LogP contribution in [0, 0.1) is 6.92 Å². The maximum atomic E-state index is 6.27. The minimum atomic E-state index is 0.00731. The Hall–Kier alpha value is -3.86. The number of aromatic nitrogens is 1. The van der Waals surface area contributed by atoms with Crippen molar-refractivity contribution in [3.63, 3.8) is 0 Å². The van der Waals surface area contributed by atoms with Gasteiger partial charge in [0.05, 0.1) is 19.9 Å². The summed E-state index contributed by atoms with van der Waals surface area (Å²) in [6, 6.07) is 23.1. The van der Waals surface area contributed by atoms with Gasteiger partial charge >= 0.3 is 0 Å². The average Bonchev–Trinajstić information content (AvgIpc) is 3.09. The zero-order valence-electron chi connectivity index (χ0n) is 22.2. The lowest BCUT2D eigenvalue weighted by molar-refractivity contribution is 0.0778. The molecular formula is C32H36N2O3. The van der Waals surface area contributed by atoms with Crippen LogP contribution < -0.4 is 14.2 Å². The highest BCUT2D eigenvalue weighted by Gasteiger charge is 2.18. The molecule has 5 heteroatoms. The summed E-state index contributed by atoms with van der Waals surface area (Å²) in [6.07, 6.45) is 8.03. The van der Waals surface area contributed by atoms with Crippen molar-refractivity contribution in [3.05, 3.63) is 90.1 Å². The van der Waals surface area contributed by atoms with Crippen LogP contribution in [-0.2, 0) is 6.54 Å². The first-order valence-corrected chi connectivity index (χ1v) is 13.1. The van der Waals surface area contributed by atoms with E-state index in [0.717, 1.165) is 42.3 Å². The molecule has 0 spiro atoms. The Balaban J connectivity index is 1.44. The molecule has 1 aliphatic rings. The summed E-state index contributed by atoms with van der Waals surface area (Å²) in [5.41, 5.74) is 6.00. The first kappa shape index (κ1) is 24.8. The van der Waals surface area contributed by atoms with Crippen LogP contribution in [0.2, 0.25) is 0 Å². The Labute approximate surface area is 219 Å². The Kier molecular flexibility index (Phi) is 7.40. The lowest BCUT2D eigenvalue weighted by Crippen LogP contribution is -2.33. The van der Waals surface area contributed by atoms with E-state index in [1.807, 2.05) is 18.2 Å². The van der Waals surface area contributed by atoms with Crippen LogP contribution in [0.25, 0.3) is 22.2 Å². The topological polar surface area (TPSA) is 35.9 Å². The number of hydrogen-bond acceptors (Lipinski definition) is 4. The molecule has 1 aromatic heterocycles. The molecule has 5 nitrogen and oxygen atoms in total. The summed E-state index contributed by atoms with van der Waals surface area (Å²) in [5.74, 6) is 2.61. The van der Waals surface area contributed by atoms with Crippen LogP contribution in [0.5, 0.6) is 17.2 Å². The van der Waals surface area contributed by atoms with Crippen molar-refractivity contribution < 1.29 is 14.2 Å². The predicted molar refractivity (Wildman–Crippen MR) is 151 cm³/mol. The molecule has 3 aromatic carbocycles. The summed E-state index contributed by atoms with van der Waals surface area (Å²) < 4.78 is 19.6. The summed E-state index contributed by atoms with van der Waals surface area (Å²) in [7, 11) is 3.41. The molecule has 0 saturated heterocycles. The van der Waals surface area contributed by atoms with E-state index < -0.39 is 0 Å². The minimum absolute atomic E-state index is 0.00731. The molecule has 5 rings (SSSR count). The number of allylic oxidation sites excluding steroid dienone is 1. The molecule has 1 aliphatic heterocycles. The highest BCUT2D eigenvalue weighted by atomic mass is 16.5. The molecule has 0 aliphatic carbocycles. The molecule has 0 radical (unpaired) electrons. The van der Waals surface area contributed by atoms with Crippen molar-refractivity contribution in [2.45, 2.75) is 45.9 Å². The molecule has 1 unspecified atom stereocenters. The highest BCUT2D eigenvalue weighted by molar-refractivity contribution is 5.92. The van der Waals surface area contributed by atoms with E-state index in [0.29, 0.717) is 0 Å². The second-order valence-corrected chi connectivity index (χ2v) is 9.65. The van der Waals surface area contributed by atoms with E-state index in [2.05, 4.69) is 84.1 Å². The SMILES string of the molecule is COc1ccc(-c2c(C)c3cc(OC)ccc3n2Cc2ccc(OC(C)N3C=CCCCC3)cc2)cc1. The molecule has 4 aromatic rings. The van der Waals surface area contributed by atoms with Gasteiger partial charge in [-0.2, -0.15) is 0 Å². The van der Waals surface area contributed by atoms with E-state index in [4.69, 9.17) is 14.2 Å². The Morgan fingerprint density at radius 1 is 0.838 bits per heavy atom. The van der Waals surface area contributed by atoms with Gasteiger partial charge in [-0.05, 0) is 111 Å². The van der Waals surface area contributed by atoms with Crippen LogP contribution in [0.15, 0.2) is 79.0 Å². The van der Waals surface area contributed by atoms with Gasteiger partial charge < -0.3 is 23.7 Å². The molecule has 0 fully saturated rings. The smallest absolute Gasteiger partial charge is 0.169 e. The third-order valence-corrected chi connectivity index (χ3v) is 7.26. The number of ether oxygens (including phenoxy) is 3. The highest BCUT2D eigenvalue weighted by Crippen LogP contribution is 2.36. The van der Waals surface area contributed by atoms with Crippen LogP contribution in [0.4, 0.5) is 0 Å². The van der Waals surface area contributed by atoms with E-state index in [1.54, 1.807) is 14.2 Å². The molecule has 37 heavy (non-hydrogen) atoms. The zero-order chi connectivity index (χ0) is 25.8. The maximum Gasteiger partial charge on any atom is 0.169 e. The quantitative estimate of drug-likeness (QED) is 0.254. The normalized spacial score (nSPS) is 14.4.